The fourth-order valence-electron chi connectivity index (χ4n) is 4.24. The number of rotatable bonds is 1. The van der Waals surface area contributed by atoms with Crippen LogP contribution in [-0.2, 0) is 6.54 Å². The lowest BCUT2D eigenvalue weighted by Crippen LogP contribution is -2.42. The lowest BCUT2D eigenvalue weighted by atomic mass is 9.90. The highest BCUT2D eigenvalue weighted by Gasteiger charge is 2.56. The van der Waals surface area contributed by atoms with Crippen molar-refractivity contribution in [1.82, 2.24) is 14.7 Å². The number of aromatic nitrogens is 2. The molecule has 0 radical (unpaired) electrons. The standard InChI is InChI=1S/C12H17N3O/c16-8-12-3-1-5-14(12)11-9(6-12)7-15-10(11)2-4-13-15/h2,4,9,11,16H,1,3,5-8H2/t9-,11-,12-/m1/s1. The maximum Gasteiger partial charge on any atom is 0.0615 e. The smallest absolute Gasteiger partial charge is 0.0615 e. The van der Waals surface area contributed by atoms with Crippen LogP contribution in [0.15, 0.2) is 12.3 Å². The van der Waals surface area contributed by atoms with Crippen LogP contribution in [0.4, 0.5) is 0 Å². The second-order valence-corrected chi connectivity index (χ2v) is 5.53. The van der Waals surface area contributed by atoms with Gasteiger partial charge in [-0.1, -0.05) is 0 Å². The van der Waals surface area contributed by atoms with E-state index in [4.69, 9.17) is 0 Å². The van der Waals surface area contributed by atoms with Gasteiger partial charge in [-0.25, -0.2) is 0 Å². The van der Waals surface area contributed by atoms with Crippen molar-refractivity contribution in [3.05, 3.63) is 18.0 Å². The first-order valence-corrected chi connectivity index (χ1v) is 6.23. The Morgan fingerprint density at radius 1 is 1.56 bits per heavy atom. The molecule has 4 rings (SSSR count). The average molecular weight is 219 g/mol. The van der Waals surface area contributed by atoms with Crippen LogP contribution in [0.5, 0.6) is 0 Å². The van der Waals surface area contributed by atoms with Gasteiger partial charge in [-0.3, -0.25) is 9.58 Å². The molecule has 0 spiro atoms. The van der Waals surface area contributed by atoms with E-state index in [9.17, 15) is 5.11 Å². The van der Waals surface area contributed by atoms with Gasteiger partial charge in [-0.15, -0.1) is 0 Å². The largest absolute Gasteiger partial charge is 0.394 e. The van der Waals surface area contributed by atoms with Crippen molar-refractivity contribution in [1.29, 1.82) is 0 Å². The molecule has 0 bridgehead atoms. The molecule has 1 aromatic heterocycles. The Kier molecular flexibility index (Phi) is 1.65. The van der Waals surface area contributed by atoms with Crippen molar-refractivity contribution in [2.45, 2.75) is 37.4 Å². The molecule has 4 heterocycles. The Morgan fingerprint density at radius 2 is 2.50 bits per heavy atom. The van der Waals surface area contributed by atoms with Crippen molar-refractivity contribution >= 4 is 0 Å². The average Bonchev–Trinajstić information content (AvgIpc) is 2.93. The predicted octanol–water partition coefficient (Wildman–Crippen LogP) is 0.785. The second-order valence-electron chi connectivity index (χ2n) is 5.53. The molecule has 3 aliphatic heterocycles. The highest BCUT2D eigenvalue weighted by Crippen LogP contribution is 2.54. The van der Waals surface area contributed by atoms with Crippen LogP contribution in [0.25, 0.3) is 0 Å². The van der Waals surface area contributed by atoms with E-state index in [1.165, 1.54) is 18.5 Å². The van der Waals surface area contributed by atoms with Crippen molar-refractivity contribution in [3.63, 3.8) is 0 Å². The minimum Gasteiger partial charge on any atom is -0.394 e. The zero-order valence-corrected chi connectivity index (χ0v) is 9.34. The van der Waals surface area contributed by atoms with E-state index in [0.717, 1.165) is 19.5 Å². The van der Waals surface area contributed by atoms with E-state index >= 15 is 0 Å². The van der Waals surface area contributed by atoms with E-state index in [2.05, 4.69) is 20.7 Å². The summed E-state index contributed by atoms with van der Waals surface area (Å²) in [6.07, 6.45) is 5.46. The van der Waals surface area contributed by atoms with Gasteiger partial charge in [0.15, 0.2) is 0 Å². The Bertz CT molecular complexity index is 430. The number of fused-ring (bicyclic) bond motifs is 5. The summed E-state index contributed by atoms with van der Waals surface area (Å²) in [4.78, 5) is 2.55. The fourth-order valence-corrected chi connectivity index (χ4v) is 4.24. The lowest BCUT2D eigenvalue weighted by molar-refractivity contribution is 0.0765. The molecule has 3 atom stereocenters. The highest BCUT2D eigenvalue weighted by atomic mass is 16.3. The van der Waals surface area contributed by atoms with Crippen LogP contribution in [0, 0.1) is 5.92 Å². The minimum absolute atomic E-state index is 0.102. The number of aliphatic hydroxyl groups excluding tert-OH is 1. The van der Waals surface area contributed by atoms with Crippen LogP contribution in [-0.4, -0.2) is 38.5 Å². The van der Waals surface area contributed by atoms with Gasteiger partial charge in [0.05, 0.1) is 18.3 Å². The second kappa shape index (κ2) is 2.87. The van der Waals surface area contributed by atoms with Crippen LogP contribution >= 0.6 is 0 Å². The van der Waals surface area contributed by atoms with Crippen LogP contribution in [0.2, 0.25) is 0 Å². The molecule has 2 saturated heterocycles. The van der Waals surface area contributed by atoms with Crippen molar-refractivity contribution in [2.75, 3.05) is 13.2 Å². The number of nitrogens with zero attached hydrogens (tertiary/aromatic N) is 3. The van der Waals surface area contributed by atoms with Gasteiger partial charge in [-0.05, 0) is 31.9 Å². The van der Waals surface area contributed by atoms with Gasteiger partial charge in [-0.2, -0.15) is 5.10 Å². The van der Waals surface area contributed by atoms with Gasteiger partial charge < -0.3 is 5.11 Å². The molecular weight excluding hydrogens is 202 g/mol. The normalized spacial score (nSPS) is 41.1. The molecule has 4 nitrogen and oxygen atoms in total. The first kappa shape index (κ1) is 9.19. The molecule has 0 aliphatic carbocycles. The monoisotopic (exact) mass is 219 g/mol. The zero-order valence-electron chi connectivity index (χ0n) is 9.34. The Labute approximate surface area is 94.9 Å². The Balaban J connectivity index is 1.78. The molecule has 0 amide bonds. The molecule has 16 heavy (non-hydrogen) atoms. The third-order valence-electron chi connectivity index (χ3n) is 4.83. The van der Waals surface area contributed by atoms with Gasteiger partial charge >= 0.3 is 0 Å². The summed E-state index contributed by atoms with van der Waals surface area (Å²) in [7, 11) is 0. The highest BCUT2D eigenvalue weighted by molar-refractivity contribution is 5.21. The SMILES string of the molecule is OC[C@]12CCCN1[C@H]1c3ccnn3C[C@H]1C2. The van der Waals surface area contributed by atoms with Gasteiger partial charge in [0, 0.05) is 24.2 Å². The molecule has 3 aliphatic rings. The summed E-state index contributed by atoms with van der Waals surface area (Å²) < 4.78 is 2.15. The Hall–Kier alpha value is -0.870. The molecule has 1 N–H and O–H groups in total. The van der Waals surface area contributed by atoms with Crippen LogP contribution in [0.3, 0.4) is 0 Å². The van der Waals surface area contributed by atoms with E-state index in [1.807, 2.05) is 6.20 Å². The molecular formula is C12H17N3O. The van der Waals surface area contributed by atoms with E-state index in [-0.39, 0.29) is 5.54 Å². The van der Waals surface area contributed by atoms with Gasteiger partial charge in [0.1, 0.15) is 0 Å². The quantitative estimate of drug-likeness (QED) is 0.759. The summed E-state index contributed by atoms with van der Waals surface area (Å²) in [6, 6.07) is 2.67. The van der Waals surface area contributed by atoms with Crippen LogP contribution in [0.1, 0.15) is 31.0 Å². The summed E-state index contributed by atoms with van der Waals surface area (Å²) in [5.74, 6) is 0.677. The number of hydrogen-bond donors (Lipinski definition) is 1. The maximum atomic E-state index is 9.72. The summed E-state index contributed by atoms with van der Waals surface area (Å²) >= 11 is 0. The predicted molar refractivity (Wildman–Crippen MR) is 58.8 cm³/mol. The van der Waals surface area contributed by atoms with Crippen molar-refractivity contribution in [2.24, 2.45) is 5.92 Å². The first-order valence-electron chi connectivity index (χ1n) is 6.23. The molecule has 86 valence electrons. The first-order chi connectivity index (χ1) is 7.84. The summed E-state index contributed by atoms with van der Waals surface area (Å²) in [5.41, 5.74) is 1.47. The third-order valence-corrected chi connectivity index (χ3v) is 4.83. The lowest BCUT2D eigenvalue weighted by Gasteiger charge is -2.32. The van der Waals surface area contributed by atoms with Gasteiger partial charge in [0.2, 0.25) is 0 Å². The Morgan fingerprint density at radius 3 is 3.38 bits per heavy atom. The molecule has 0 aromatic carbocycles. The molecule has 4 heteroatoms. The fraction of sp³-hybridized carbons (Fsp3) is 0.750. The van der Waals surface area contributed by atoms with E-state index < -0.39 is 0 Å². The van der Waals surface area contributed by atoms with Crippen LogP contribution < -0.4 is 0 Å². The minimum atomic E-state index is 0.102. The molecule has 0 saturated carbocycles. The van der Waals surface area contributed by atoms with Gasteiger partial charge in [0.25, 0.3) is 0 Å². The zero-order chi connectivity index (χ0) is 10.8. The molecule has 1 aromatic rings. The number of hydrogen-bond acceptors (Lipinski definition) is 3. The number of aliphatic hydroxyl groups is 1. The third kappa shape index (κ3) is 0.908. The van der Waals surface area contributed by atoms with Crippen molar-refractivity contribution in [3.8, 4) is 0 Å². The molecule has 2 fully saturated rings. The van der Waals surface area contributed by atoms with E-state index in [1.54, 1.807) is 0 Å². The molecule has 0 unspecified atom stereocenters. The summed E-state index contributed by atoms with van der Waals surface area (Å²) in [6.45, 7) is 2.52. The summed E-state index contributed by atoms with van der Waals surface area (Å²) in [5, 5.41) is 14.1. The van der Waals surface area contributed by atoms with E-state index in [0.29, 0.717) is 18.6 Å². The maximum absolute atomic E-state index is 9.72. The topological polar surface area (TPSA) is 41.3 Å². The van der Waals surface area contributed by atoms with Crippen molar-refractivity contribution < 1.29 is 5.11 Å².